The van der Waals surface area contributed by atoms with Crippen molar-refractivity contribution in [3.05, 3.63) is 17.0 Å². The van der Waals surface area contributed by atoms with Gasteiger partial charge in [-0.1, -0.05) is 6.42 Å². The topological polar surface area (TPSA) is 90.8 Å². The van der Waals surface area contributed by atoms with Crippen molar-refractivity contribution in [2.45, 2.75) is 77.3 Å². The van der Waals surface area contributed by atoms with Gasteiger partial charge in [0.25, 0.3) is 5.91 Å². The molecule has 188 valence electrons. The lowest BCUT2D eigenvalue weighted by atomic mass is 10.0. The van der Waals surface area contributed by atoms with Crippen LogP contribution in [-0.2, 0) is 29.6 Å². The molecular weight excluding hydrogens is 432 g/mol. The first-order chi connectivity index (χ1) is 16.4. The van der Waals surface area contributed by atoms with Gasteiger partial charge in [0, 0.05) is 82.9 Å². The molecule has 4 heterocycles. The molecule has 9 heteroatoms. The zero-order chi connectivity index (χ0) is 24.1. The maximum absolute atomic E-state index is 13.1. The minimum atomic E-state index is -0.0712. The maximum Gasteiger partial charge on any atom is 0.274 e. The highest BCUT2D eigenvalue weighted by Gasteiger charge is 2.31. The molecule has 0 aliphatic carbocycles. The van der Waals surface area contributed by atoms with E-state index in [1.165, 1.54) is 19.3 Å². The van der Waals surface area contributed by atoms with E-state index in [4.69, 9.17) is 0 Å². The van der Waals surface area contributed by atoms with E-state index in [9.17, 15) is 14.4 Å². The second kappa shape index (κ2) is 11.3. The van der Waals surface area contributed by atoms with E-state index in [2.05, 4.69) is 22.2 Å². The summed E-state index contributed by atoms with van der Waals surface area (Å²) in [5, 5.41) is 7.51. The molecule has 3 amide bonds. The van der Waals surface area contributed by atoms with Crippen LogP contribution in [0.1, 0.15) is 80.0 Å². The Morgan fingerprint density at radius 2 is 1.74 bits per heavy atom. The van der Waals surface area contributed by atoms with Gasteiger partial charge < -0.3 is 15.1 Å². The average molecular weight is 473 g/mol. The Morgan fingerprint density at radius 1 is 0.971 bits per heavy atom. The van der Waals surface area contributed by atoms with Gasteiger partial charge in [0.05, 0.1) is 0 Å². The van der Waals surface area contributed by atoms with Crippen molar-refractivity contribution >= 4 is 17.7 Å². The van der Waals surface area contributed by atoms with Crippen LogP contribution in [0.5, 0.6) is 0 Å². The molecule has 34 heavy (non-hydrogen) atoms. The molecule has 1 aromatic heterocycles. The maximum atomic E-state index is 13.1. The van der Waals surface area contributed by atoms with Crippen LogP contribution in [0.3, 0.4) is 0 Å². The molecule has 0 unspecified atom stereocenters. The van der Waals surface area contributed by atoms with Gasteiger partial charge in [-0.3, -0.25) is 24.0 Å². The summed E-state index contributed by atoms with van der Waals surface area (Å²) in [6.07, 6.45) is 8.04. The van der Waals surface area contributed by atoms with E-state index in [0.717, 1.165) is 56.7 Å². The minimum absolute atomic E-state index is 0.0201. The third kappa shape index (κ3) is 5.79. The van der Waals surface area contributed by atoms with Crippen LogP contribution in [0.25, 0.3) is 0 Å². The van der Waals surface area contributed by atoms with Crippen LogP contribution in [0.4, 0.5) is 0 Å². The van der Waals surface area contributed by atoms with Crippen LogP contribution in [-0.4, -0.2) is 87.5 Å². The Bertz CT molecular complexity index is 891. The lowest BCUT2D eigenvalue weighted by molar-refractivity contribution is -0.134. The molecule has 0 bridgehead atoms. The zero-order valence-electron chi connectivity index (χ0n) is 20.9. The summed E-state index contributed by atoms with van der Waals surface area (Å²) in [5.41, 5.74) is 2.40. The number of aryl methyl sites for hydroxylation is 1. The number of fused-ring (bicyclic) bond motifs is 1. The number of aromatic nitrogens is 2. The summed E-state index contributed by atoms with van der Waals surface area (Å²) in [6, 6.07) is 0.579. The molecule has 9 nitrogen and oxygen atoms in total. The summed E-state index contributed by atoms with van der Waals surface area (Å²) in [4.78, 5) is 44.4. The molecule has 1 atom stereocenters. The van der Waals surface area contributed by atoms with Crippen molar-refractivity contribution in [3.8, 4) is 0 Å². The third-order valence-electron chi connectivity index (χ3n) is 7.67. The normalized spacial score (nSPS) is 21.3. The fourth-order valence-electron chi connectivity index (χ4n) is 5.52. The van der Waals surface area contributed by atoms with E-state index < -0.39 is 0 Å². The highest BCUT2D eigenvalue weighted by molar-refractivity contribution is 5.94. The van der Waals surface area contributed by atoms with E-state index in [1.54, 1.807) is 9.58 Å². The van der Waals surface area contributed by atoms with Gasteiger partial charge in [-0.2, -0.15) is 5.10 Å². The molecule has 0 aromatic carbocycles. The SMILES string of the molecule is C[C@H]1CCCCN1CCNC(=O)CCC(=O)N1CCc2c(c(C(=O)N3CCCCC3)nn2C)C1. The van der Waals surface area contributed by atoms with Gasteiger partial charge in [0.2, 0.25) is 11.8 Å². The lowest BCUT2D eigenvalue weighted by Crippen LogP contribution is -2.42. The average Bonchev–Trinajstić information content (AvgIpc) is 3.19. The first-order valence-corrected chi connectivity index (χ1v) is 13.1. The smallest absolute Gasteiger partial charge is 0.274 e. The predicted octanol–water partition coefficient (Wildman–Crippen LogP) is 1.70. The number of hydrogen-bond donors (Lipinski definition) is 1. The number of amides is 3. The highest BCUT2D eigenvalue weighted by Crippen LogP contribution is 2.25. The second-order valence-corrected chi connectivity index (χ2v) is 10.0. The first-order valence-electron chi connectivity index (χ1n) is 13.1. The molecule has 0 radical (unpaired) electrons. The van der Waals surface area contributed by atoms with Crippen LogP contribution in [0.15, 0.2) is 0 Å². The molecule has 0 saturated carbocycles. The van der Waals surface area contributed by atoms with Crippen LogP contribution in [0, 0.1) is 0 Å². The summed E-state index contributed by atoms with van der Waals surface area (Å²) < 4.78 is 1.80. The van der Waals surface area contributed by atoms with E-state index in [1.807, 2.05) is 11.9 Å². The van der Waals surface area contributed by atoms with Crippen LogP contribution >= 0.6 is 0 Å². The Kier molecular flexibility index (Phi) is 8.24. The quantitative estimate of drug-likeness (QED) is 0.652. The number of carbonyl (C=O) groups is 3. The van der Waals surface area contributed by atoms with Crippen molar-refractivity contribution in [3.63, 3.8) is 0 Å². The molecule has 1 N–H and O–H groups in total. The summed E-state index contributed by atoms with van der Waals surface area (Å²) in [5.74, 6) is -0.128. The van der Waals surface area contributed by atoms with E-state index in [0.29, 0.717) is 37.8 Å². The van der Waals surface area contributed by atoms with Crippen molar-refractivity contribution < 1.29 is 14.4 Å². The molecule has 4 rings (SSSR count). The fourth-order valence-corrected chi connectivity index (χ4v) is 5.52. The molecule has 0 spiro atoms. The number of likely N-dealkylation sites (tertiary alicyclic amines) is 2. The minimum Gasteiger partial charge on any atom is -0.355 e. The van der Waals surface area contributed by atoms with E-state index >= 15 is 0 Å². The first kappa shape index (κ1) is 24.7. The van der Waals surface area contributed by atoms with Crippen molar-refractivity contribution in [1.82, 2.24) is 29.8 Å². The molecule has 2 saturated heterocycles. The van der Waals surface area contributed by atoms with Gasteiger partial charge in [0.15, 0.2) is 5.69 Å². The Labute approximate surface area is 202 Å². The van der Waals surface area contributed by atoms with Crippen molar-refractivity contribution in [2.24, 2.45) is 7.05 Å². The molecule has 3 aliphatic rings. The van der Waals surface area contributed by atoms with Crippen molar-refractivity contribution in [2.75, 3.05) is 39.3 Å². The van der Waals surface area contributed by atoms with Crippen LogP contribution < -0.4 is 5.32 Å². The number of carbonyl (C=O) groups excluding carboxylic acids is 3. The molecule has 2 fully saturated rings. The Balaban J connectivity index is 1.26. The number of piperidine rings is 2. The van der Waals surface area contributed by atoms with Gasteiger partial charge in [-0.15, -0.1) is 0 Å². The Hall–Kier alpha value is -2.42. The molecule has 1 aromatic rings. The molecular formula is C25H40N6O3. The summed E-state index contributed by atoms with van der Waals surface area (Å²) in [6.45, 7) is 7.38. The van der Waals surface area contributed by atoms with Crippen LogP contribution in [0.2, 0.25) is 0 Å². The number of hydrogen-bond acceptors (Lipinski definition) is 5. The zero-order valence-corrected chi connectivity index (χ0v) is 20.9. The monoisotopic (exact) mass is 472 g/mol. The van der Waals surface area contributed by atoms with Gasteiger partial charge in [-0.05, 0) is 45.6 Å². The summed E-state index contributed by atoms with van der Waals surface area (Å²) >= 11 is 0. The lowest BCUT2D eigenvalue weighted by Gasteiger charge is -2.33. The highest BCUT2D eigenvalue weighted by atomic mass is 16.2. The van der Waals surface area contributed by atoms with Crippen molar-refractivity contribution in [1.29, 1.82) is 0 Å². The van der Waals surface area contributed by atoms with Gasteiger partial charge in [-0.25, -0.2) is 0 Å². The van der Waals surface area contributed by atoms with E-state index in [-0.39, 0.29) is 30.6 Å². The summed E-state index contributed by atoms with van der Waals surface area (Å²) in [7, 11) is 1.87. The number of nitrogens with zero attached hydrogens (tertiary/aromatic N) is 5. The van der Waals surface area contributed by atoms with Gasteiger partial charge in [0.1, 0.15) is 0 Å². The third-order valence-corrected chi connectivity index (χ3v) is 7.67. The fraction of sp³-hybridized carbons (Fsp3) is 0.760. The molecule has 3 aliphatic heterocycles. The standard InChI is InChI=1S/C25H40N6O3/c1-19-8-4-7-13-29(19)17-12-26-22(32)9-10-23(33)31-16-11-21-20(18-31)24(27-28(21)2)25(34)30-14-5-3-6-15-30/h19H,3-18H2,1-2H3,(H,26,32)/t19-/m0/s1. The van der Waals surface area contributed by atoms with Gasteiger partial charge >= 0.3 is 0 Å². The second-order valence-electron chi connectivity index (χ2n) is 10.0. The number of rotatable bonds is 7. The Morgan fingerprint density at radius 3 is 2.50 bits per heavy atom. The largest absolute Gasteiger partial charge is 0.355 e. The number of nitrogens with one attached hydrogen (secondary N) is 1. The predicted molar refractivity (Wildman–Crippen MR) is 129 cm³/mol.